The zero-order valence-corrected chi connectivity index (χ0v) is 13.0. The summed E-state index contributed by atoms with van der Waals surface area (Å²) in [4.78, 5) is 27.5. The predicted molar refractivity (Wildman–Crippen MR) is 84.9 cm³/mol. The van der Waals surface area contributed by atoms with Crippen LogP contribution in [0.3, 0.4) is 0 Å². The van der Waals surface area contributed by atoms with Crippen molar-refractivity contribution in [1.29, 1.82) is 0 Å². The molecule has 3 aromatic rings. The van der Waals surface area contributed by atoms with Crippen LogP contribution < -0.4 is 5.69 Å². The van der Waals surface area contributed by atoms with Gasteiger partial charge in [-0.2, -0.15) is 0 Å². The lowest BCUT2D eigenvalue weighted by atomic mass is 10.4. The fourth-order valence-electron chi connectivity index (χ4n) is 2.27. The Labute approximate surface area is 131 Å². The molecule has 6 nitrogen and oxygen atoms in total. The summed E-state index contributed by atoms with van der Waals surface area (Å²) in [6, 6.07) is 9.27. The van der Waals surface area contributed by atoms with Crippen LogP contribution in [0.25, 0.3) is 5.65 Å². The van der Waals surface area contributed by atoms with E-state index in [9.17, 15) is 9.59 Å². The van der Waals surface area contributed by atoms with Crippen LogP contribution in [0, 0.1) is 0 Å². The van der Waals surface area contributed by atoms with Gasteiger partial charge in [-0.1, -0.05) is 12.1 Å². The Bertz CT molecular complexity index is 835. The maximum absolute atomic E-state index is 12.4. The molecular weight excluding hydrogens is 300 g/mol. The third-order valence-electron chi connectivity index (χ3n) is 3.43. The van der Waals surface area contributed by atoms with Gasteiger partial charge in [-0.15, -0.1) is 16.4 Å². The molecule has 0 spiro atoms. The van der Waals surface area contributed by atoms with Crippen LogP contribution in [0.2, 0.25) is 0 Å². The van der Waals surface area contributed by atoms with E-state index in [2.05, 4.69) is 5.10 Å². The van der Waals surface area contributed by atoms with Crippen LogP contribution >= 0.6 is 11.3 Å². The smallest absolute Gasteiger partial charge is 0.336 e. The van der Waals surface area contributed by atoms with E-state index in [4.69, 9.17) is 0 Å². The number of rotatable bonds is 5. The highest BCUT2D eigenvalue weighted by Crippen LogP contribution is 2.12. The van der Waals surface area contributed by atoms with E-state index in [0.717, 1.165) is 4.88 Å². The topological polar surface area (TPSA) is 59.6 Å². The van der Waals surface area contributed by atoms with Gasteiger partial charge in [0.05, 0.1) is 6.54 Å². The van der Waals surface area contributed by atoms with Gasteiger partial charge in [-0.25, -0.2) is 9.48 Å². The molecule has 0 N–H and O–H groups in total. The Morgan fingerprint density at radius 2 is 2.18 bits per heavy atom. The number of carbonyl (C=O) groups is 1. The molecule has 7 heteroatoms. The van der Waals surface area contributed by atoms with Crippen molar-refractivity contribution in [2.45, 2.75) is 20.0 Å². The van der Waals surface area contributed by atoms with E-state index < -0.39 is 0 Å². The number of thiophene rings is 1. The number of fused-ring (bicyclic) bond motifs is 1. The first-order valence-electron chi connectivity index (χ1n) is 7.03. The van der Waals surface area contributed by atoms with Gasteiger partial charge in [0.15, 0.2) is 5.65 Å². The van der Waals surface area contributed by atoms with E-state index >= 15 is 0 Å². The molecule has 3 aromatic heterocycles. The number of pyridine rings is 1. The SMILES string of the molecule is CCN(Cc1cccs1)C(=O)Cn1nc2ccccn2c1=O. The second kappa shape index (κ2) is 6.15. The van der Waals surface area contributed by atoms with Gasteiger partial charge in [-0.05, 0) is 30.5 Å². The highest BCUT2D eigenvalue weighted by molar-refractivity contribution is 7.09. The Morgan fingerprint density at radius 1 is 1.32 bits per heavy atom. The molecule has 0 aliphatic rings. The molecule has 0 bridgehead atoms. The normalized spacial score (nSPS) is 11.0. The zero-order valence-electron chi connectivity index (χ0n) is 12.2. The van der Waals surface area contributed by atoms with Crippen molar-refractivity contribution in [3.63, 3.8) is 0 Å². The van der Waals surface area contributed by atoms with E-state index in [0.29, 0.717) is 18.7 Å². The van der Waals surface area contributed by atoms with E-state index in [1.807, 2.05) is 30.5 Å². The third-order valence-corrected chi connectivity index (χ3v) is 4.30. The number of likely N-dealkylation sites (N-methyl/N-ethyl adjacent to an activating group) is 1. The lowest BCUT2D eigenvalue weighted by Crippen LogP contribution is -2.36. The fraction of sp³-hybridized carbons (Fsp3) is 0.267. The molecule has 3 rings (SSSR count). The monoisotopic (exact) mass is 316 g/mol. The van der Waals surface area contributed by atoms with Crippen LogP contribution in [0.15, 0.2) is 46.7 Å². The lowest BCUT2D eigenvalue weighted by Gasteiger charge is -2.19. The summed E-state index contributed by atoms with van der Waals surface area (Å²) in [7, 11) is 0. The van der Waals surface area contributed by atoms with Gasteiger partial charge in [0.25, 0.3) is 0 Å². The molecule has 0 aromatic carbocycles. The molecule has 3 heterocycles. The van der Waals surface area contributed by atoms with Crippen molar-refractivity contribution in [3.05, 3.63) is 57.3 Å². The second-order valence-electron chi connectivity index (χ2n) is 4.86. The lowest BCUT2D eigenvalue weighted by molar-refractivity contribution is -0.132. The minimum absolute atomic E-state index is 0.0419. The van der Waals surface area contributed by atoms with Crippen molar-refractivity contribution >= 4 is 22.9 Å². The molecule has 0 unspecified atom stereocenters. The van der Waals surface area contributed by atoms with E-state index in [1.54, 1.807) is 34.6 Å². The molecule has 0 aliphatic heterocycles. The fourth-order valence-corrected chi connectivity index (χ4v) is 2.99. The third kappa shape index (κ3) is 2.80. The van der Waals surface area contributed by atoms with Gasteiger partial charge in [0.2, 0.25) is 5.91 Å². The summed E-state index contributed by atoms with van der Waals surface area (Å²) < 4.78 is 2.65. The molecular formula is C15H16N4O2S. The number of hydrogen-bond donors (Lipinski definition) is 0. The largest absolute Gasteiger partial charge is 0.350 e. The number of hydrogen-bond acceptors (Lipinski definition) is 4. The van der Waals surface area contributed by atoms with Crippen LogP contribution in [0.5, 0.6) is 0 Å². The van der Waals surface area contributed by atoms with Crippen molar-refractivity contribution in [2.75, 3.05) is 6.54 Å². The minimum Gasteiger partial charge on any atom is -0.336 e. The van der Waals surface area contributed by atoms with Gasteiger partial charge in [-0.3, -0.25) is 9.20 Å². The Hall–Kier alpha value is -2.41. The first-order valence-corrected chi connectivity index (χ1v) is 7.91. The van der Waals surface area contributed by atoms with Crippen molar-refractivity contribution in [3.8, 4) is 0 Å². The van der Waals surface area contributed by atoms with Crippen LogP contribution in [0.1, 0.15) is 11.8 Å². The summed E-state index contributed by atoms with van der Waals surface area (Å²) in [5.74, 6) is -0.110. The Morgan fingerprint density at radius 3 is 2.86 bits per heavy atom. The Kier molecular flexibility index (Phi) is 4.06. The van der Waals surface area contributed by atoms with Gasteiger partial charge < -0.3 is 4.90 Å². The Balaban J connectivity index is 1.79. The van der Waals surface area contributed by atoms with E-state index in [1.165, 1.54) is 9.08 Å². The molecule has 0 saturated carbocycles. The first kappa shape index (κ1) is 14.5. The van der Waals surface area contributed by atoms with Crippen LogP contribution in [-0.2, 0) is 17.9 Å². The summed E-state index contributed by atoms with van der Waals surface area (Å²) >= 11 is 1.62. The minimum atomic E-state index is -0.295. The zero-order chi connectivity index (χ0) is 15.5. The average molecular weight is 316 g/mol. The van der Waals surface area contributed by atoms with Crippen LogP contribution in [0.4, 0.5) is 0 Å². The van der Waals surface area contributed by atoms with Crippen molar-refractivity contribution < 1.29 is 4.79 Å². The molecule has 114 valence electrons. The quantitative estimate of drug-likeness (QED) is 0.718. The summed E-state index contributed by atoms with van der Waals surface area (Å²) in [5.41, 5.74) is 0.248. The maximum Gasteiger partial charge on any atom is 0.350 e. The van der Waals surface area contributed by atoms with Crippen molar-refractivity contribution in [1.82, 2.24) is 19.1 Å². The summed E-state index contributed by atoms with van der Waals surface area (Å²) in [6.45, 7) is 3.05. The molecule has 22 heavy (non-hydrogen) atoms. The summed E-state index contributed by atoms with van der Waals surface area (Å²) in [5, 5.41) is 6.17. The molecule has 1 amide bonds. The number of carbonyl (C=O) groups excluding carboxylic acids is 1. The number of aromatic nitrogens is 3. The van der Waals surface area contributed by atoms with E-state index in [-0.39, 0.29) is 18.1 Å². The van der Waals surface area contributed by atoms with Gasteiger partial charge >= 0.3 is 5.69 Å². The predicted octanol–water partition coefficient (Wildman–Crippen LogP) is 1.61. The first-order chi connectivity index (χ1) is 10.7. The van der Waals surface area contributed by atoms with Crippen molar-refractivity contribution in [2.24, 2.45) is 0 Å². The molecule has 0 radical (unpaired) electrons. The highest BCUT2D eigenvalue weighted by Gasteiger charge is 2.16. The average Bonchev–Trinajstić information content (AvgIpc) is 3.14. The van der Waals surface area contributed by atoms with Crippen LogP contribution in [-0.4, -0.2) is 31.5 Å². The summed E-state index contributed by atoms with van der Waals surface area (Å²) in [6.07, 6.45) is 1.65. The van der Waals surface area contributed by atoms with Gasteiger partial charge in [0, 0.05) is 17.6 Å². The molecule has 0 fully saturated rings. The van der Waals surface area contributed by atoms with Gasteiger partial charge in [0.1, 0.15) is 6.54 Å². The molecule has 0 saturated heterocycles. The highest BCUT2D eigenvalue weighted by atomic mass is 32.1. The number of nitrogens with zero attached hydrogens (tertiary/aromatic N) is 4. The second-order valence-corrected chi connectivity index (χ2v) is 5.89. The number of amides is 1. The molecule has 0 atom stereocenters. The standard InChI is InChI=1S/C15H16N4O2S/c1-2-17(10-12-6-5-9-22-12)14(20)11-19-15(21)18-8-4-3-7-13(18)16-19/h3-9H,2,10-11H2,1H3. The maximum atomic E-state index is 12.4. The molecule has 0 aliphatic carbocycles.